The first-order valence-electron chi connectivity index (χ1n) is 4.31. The summed E-state index contributed by atoms with van der Waals surface area (Å²) in [5.74, 6) is -0.129. The van der Waals surface area contributed by atoms with Crippen molar-refractivity contribution in [3.63, 3.8) is 0 Å². The highest BCUT2D eigenvalue weighted by Crippen LogP contribution is 2.13. The van der Waals surface area contributed by atoms with Gasteiger partial charge in [0, 0.05) is 23.1 Å². The zero-order valence-corrected chi connectivity index (χ0v) is 7.82. The van der Waals surface area contributed by atoms with Crippen LogP contribution < -0.4 is 0 Å². The predicted molar refractivity (Wildman–Crippen MR) is 51.8 cm³/mol. The molecule has 3 nitrogen and oxygen atoms in total. The Morgan fingerprint density at radius 2 is 2.00 bits per heavy atom. The van der Waals surface area contributed by atoms with Crippen molar-refractivity contribution in [3.05, 3.63) is 34.9 Å². The number of carbonyl (C=O) groups excluding carboxylic acids is 3. The van der Waals surface area contributed by atoms with E-state index in [1.54, 1.807) is 19.1 Å². The summed E-state index contributed by atoms with van der Waals surface area (Å²) < 4.78 is 0. The molecule has 0 atom stereocenters. The summed E-state index contributed by atoms with van der Waals surface area (Å²) in [7, 11) is 0. The molecule has 0 aliphatic rings. The number of hydrogen-bond acceptors (Lipinski definition) is 3. The number of Topliss-reactive ketones (excluding diaryl/α,β-unsaturated/α-hetero) is 1. The summed E-state index contributed by atoms with van der Waals surface area (Å²) in [5.41, 5.74) is 0.778. The van der Waals surface area contributed by atoms with Crippen molar-refractivity contribution in [2.75, 3.05) is 0 Å². The van der Waals surface area contributed by atoms with E-state index in [4.69, 9.17) is 0 Å². The Bertz CT molecular complexity index is 380. The first-order chi connectivity index (χ1) is 6.74. The second-order valence-electron chi connectivity index (χ2n) is 2.82. The molecule has 0 unspecified atom stereocenters. The van der Waals surface area contributed by atoms with Crippen LogP contribution in [0.3, 0.4) is 0 Å². The maximum atomic E-state index is 11.4. The van der Waals surface area contributed by atoms with Crippen LogP contribution in [-0.4, -0.2) is 18.4 Å². The second kappa shape index (κ2) is 4.46. The zero-order valence-electron chi connectivity index (χ0n) is 7.82. The lowest BCUT2D eigenvalue weighted by molar-refractivity contribution is 0.0981. The van der Waals surface area contributed by atoms with Gasteiger partial charge in [0.2, 0.25) is 0 Å². The Morgan fingerprint density at radius 1 is 1.29 bits per heavy atom. The maximum Gasteiger partial charge on any atom is 0.163 e. The van der Waals surface area contributed by atoms with E-state index in [2.05, 4.69) is 0 Å². The fourth-order valence-electron chi connectivity index (χ4n) is 1.25. The highest BCUT2D eigenvalue weighted by molar-refractivity contribution is 6.06. The molecular weight excluding hydrogens is 180 g/mol. The summed E-state index contributed by atoms with van der Waals surface area (Å²) in [6.07, 6.45) is 1.45. The molecule has 0 fully saturated rings. The molecule has 3 heteroatoms. The number of ketones is 1. The van der Waals surface area contributed by atoms with Crippen LogP contribution in [0.5, 0.6) is 0 Å². The van der Waals surface area contributed by atoms with Gasteiger partial charge in [0.25, 0.3) is 0 Å². The molecule has 0 amide bonds. The van der Waals surface area contributed by atoms with Crippen LogP contribution in [0.4, 0.5) is 0 Å². The van der Waals surface area contributed by atoms with Gasteiger partial charge in [0.05, 0.1) is 0 Å². The van der Waals surface area contributed by atoms with E-state index < -0.39 is 0 Å². The van der Waals surface area contributed by atoms with Gasteiger partial charge in [-0.2, -0.15) is 0 Å². The van der Waals surface area contributed by atoms with E-state index in [0.29, 0.717) is 24.6 Å². The van der Waals surface area contributed by atoms with E-state index in [1.165, 1.54) is 6.07 Å². The Balaban J connectivity index is 3.35. The van der Waals surface area contributed by atoms with Crippen LogP contribution in [0.2, 0.25) is 0 Å². The molecule has 0 spiro atoms. The van der Waals surface area contributed by atoms with Crippen molar-refractivity contribution in [1.82, 2.24) is 0 Å². The molecule has 0 aliphatic carbocycles. The molecule has 1 aromatic rings. The van der Waals surface area contributed by atoms with Crippen molar-refractivity contribution >= 4 is 18.4 Å². The Hall–Kier alpha value is -1.77. The fourth-order valence-corrected chi connectivity index (χ4v) is 1.25. The number of rotatable bonds is 4. The van der Waals surface area contributed by atoms with Gasteiger partial charge in [0.15, 0.2) is 18.4 Å². The average molecular weight is 190 g/mol. The molecule has 14 heavy (non-hydrogen) atoms. The molecule has 0 aromatic heterocycles. The summed E-state index contributed by atoms with van der Waals surface area (Å²) in [4.78, 5) is 32.7. The number of aldehydes is 2. The lowest BCUT2D eigenvalue weighted by Crippen LogP contribution is -2.04. The van der Waals surface area contributed by atoms with Crippen LogP contribution in [0, 0.1) is 0 Å². The molecule has 0 bridgehead atoms. The van der Waals surface area contributed by atoms with Crippen molar-refractivity contribution in [2.45, 2.75) is 13.3 Å². The van der Waals surface area contributed by atoms with E-state index in [0.717, 1.165) is 0 Å². The molecule has 0 aliphatic heterocycles. The van der Waals surface area contributed by atoms with Crippen molar-refractivity contribution in [2.24, 2.45) is 0 Å². The summed E-state index contributed by atoms with van der Waals surface area (Å²) >= 11 is 0. The van der Waals surface area contributed by atoms with Gasteiger partial charge in [-0.15, -0.1) is 0 Å². The maximum absolute atomic E-state index is 11.4. The molecule has 1 aromatic carbocycles. The lowest BCUT2D eigenvalue weighted by Gasteiger charge is -2.03. The normalized spacial score (nSPS) is 9.50. The topological polar surface area (TPSA) is 51.2 Å². The van der Waals surface area contributed by atoms with Crippen LogP contribution in [0.15, 0.2) is 18.2 Å². The zero-order chi connectivity index (χ0) is 10.6. The quantitative estimate of drug-likeness (QED) is 0.538. The third-order valence-electron chi connectivity index (χ3n) is 2.01. The molecule has 0 saturated carbocycles. The third kappa shape index (κ3) is 1.76. The summed E-state index contributed by atoms with van der Waals surface area (Å²) in [5, 5.41) is 0. The SMILES string of the molecule is CCC(=O)c1cccc(C=O)c1C=O. The monoisotopic (exact) mass is 190 g/mol. The minimum absolute atomic E-state index is 0.129. The highest BCUT2D eigenvalue weighted by Gasteiger charge is 2.11. The summed E-state index contributed by atoms with van der Waals surface area (Å²) in [6.45, 7) is 1.71. The largest absolute Gasteiger partial charge is 0.298 e. The van der Waals surface area contributed by atoms with Crippen LogP contribution >= 0.6 is 0 Å². The Morgan fingerprint density at radius 3 is 2.50 bits per heavy atom. The van der Waals surface area contributed by atoms with E-state index in [1.807, 2.05) is 0 Å². The molecule has 0 radical (unpaired) electrons. The highest BCUT2D eigenvalue weighted by atomic mass is 16.1. The number of benzene rings is 1. The Kier molecular flexibility index (Phi) is 3.29. The molecule has 72 valence electrons. The van der Waals surface area contributed by atoms with E-state index in [9.17, 15) is 14.4 Å². The smallest absolute Gasteiger partial charge is 0.163 e. The van der Waals surface area contributed by atoms with Gasteiger partial charge in [-0.05, 0) is 0 Å². The molecule has 0 heterocycles. The molecule has 0 N–H and O–H groups in total. The first kappa shape index (κ1) is 10.3. The third-order valence-corrected chi connectivity index (χ3v) is 2.01. The molecular formula is C11H10O3. The number of carbonyl (C=O) groups is 3. The fraction of sp³-hybridized carbons (Fsp3) is 0.182. The van der Waals surface area contributed by atoms with E-state index in [-0.39, 0.29) is 16.9 Å². The van der Waals surface area contributed by atoms with Crippen molar-refractivity contribution in [3.8, 4) is 0 Å². The average Bonchev–Trinajstić information content (AvgIpc) is 2.26. The van der Waals surface area contributed by atoms with Crippen molar-refractivity contribution < 1.29 is 14.4 Å². The lowest BCUT2D eigenvalue weighted by atomic mass is 9.98. The van der Waals surface area contributed by atoms with Crippen LogP contribution in [0.1, 0.15) is 44.4 Å². The minimum Gasteiger partial charge on any atom is -0.298 e. The Labute approximate surface area is 81.7 Å². The van der Waals surface area contributed by atoms with Gasteiger partial charge < -0.3 is 0 Å². The van der Waals surface area contributed by atoms with E-state index >= 15 is 0 Å². The van der Waals surface area contributed by atoms with Gasteiger partial charge in [-0.25, -0.2) is 0 Å². The predicted octanol–water partition coefficient (Wildman–Crippen LogP) is 1.90. The molecule has 1 rings (SSSR count). The minimum atomic E-state index is -0.129. The van der Waals surface area contributed by atoms with Gasteiger partial charge in [-0.3, -0.25) is 14.4 Å². The van der Waals surface area contributed by atoms with Crippen LogP contribution in [0.25, 0.3) is 0 Å². The standard InChI is InChI=1S/C11H10O3/c1-2-11(14)9-5-3-4-8(6-12)10(9)7-13/h3-7H,2H2,1H3. The number of hydrogen-bond donors (Lipinski definition) is 0. The second-order valence-corrected chi connectivity index (χ2v) is 2.82. The van der Waals surface area contributed by atoms with Gasteiger partial charge in [0.1, 0.15) is 0 Å². The van der Waals surface area contributed by atoms with Gasteiger partial charge >= 0.3 is 0 Å². The first-order valence-corrected chi connectivity index (χ1v) is 4.31. The summed E-state index contributed by atoms with van der Waals surface area (Å²) in [6, 6.07) is 4.67. The van der Waals surface area contributed by atoms with Gasteiger partial charge in [-0.1, -0.05) is 25.1 Å². The van der Waals surface area contributed by atoms with Crippen molar-refractivity contribution in [1.29, 1.82) is 0 Å². The van der Waals surface area contributed by atoms with Crippen LogP contribution in [-0.2, 0) is 0 Å². The molecule has 0 saturated heterocycles.